The largest absolute Gasteiger partial charge is 0.486 e. The minimum atomic E-state index is 0.557. The predicted octanol–water partition coefficient (Wildman–Crippen LogP) is 2.21. The van der Waals surface area contributed by atoms with Crippen LogP contribution in [0.2, 0.25) is 0 Å². The number of nitrogens with one attached hydrogen (secondary N) is 1. The molecule has 1 aromatic carbocycles. The molecule has 2 heterocycles. The van der Waals surface area contributed by atoms with Crippen molar-refractivity contribution in [1.82, 2.24) is 15.1 Å². The van der Waals surface area contributed by atoms with Crippen molar-refractivity contribution in [1.29, 1.82) is 0 Å². The molecule has 0 radical (unpaired) electrons. The predicted molar refractivity (Wildman–Crippen MR) is 74.0 cm³/mol. The van der Waals surface area contributed by atoms with E-state index in [9.17, 15) is 0 Å². The van der Waals surface area contributed by atoms with Gasteiger partial charge in [-0.05, 0) is 24.9 Å². The Morgan fingerprint density at radius 1 is 1.32 bits per heavy atom. The lowest BCUT2D eigenvalue weighted by molar-refractivity contribution is 0.305. The Bertz CT molecular complexity index is 503. The van der Waals surface area contributed by atoms with E-state index in [2.05, 4.69) is 22.5 Å². The molecule has 1 aliphatic heterocycles. The van der Waals surface area contributed by atoms with Gasteiger partial charge in [-0.2, -0.15) is 5.10 Å². The Balaban J connectivity index is 1.53. The zero-order valence-corrected chi connectivity index (χ0v) is 11.0. The highest BCUT2D eigenvalue weighted by molar-refractivity contribution is 5.17. The Kier molecular flexibility index (Phi) is 3.79. The fraction of sp³-hybridized carbons (Fsp3) is 0.400. The Hall–Kier alpha value is -1.81. The third kappa shape index (κ3) is 3.35. The molecule has 0 spiro atoms. The summed E-state index contributed by atoms with van der Waals surface area (Å²) >= 11 is 0. The van der Waals surface area contributed by atoms with E-state index < -0.39 is 0 Å². The fourth-order valence-electron chi connectivity index (χ4n) is 2.40. The van der Waals surface area contributed by atoms with Crippen LogP contribution < -0.4 is 10.1 Å². The number of nitrogens with zero attached hydrogens (tertiary/aromatic N) is 2. The van der Waals surface area contributed by atoms with Gasteiger partial charge >= 0.3 is 0 Å². The number of hydrogen-bond donors (Lipinski definition) is 1. The van der Waals surface area contributed by atoms with Crippen LogP contribution >= 0.6 is 0 Å². The summed E-state index contributed by atoms with van der Waals surface area (Å²) in [4.78, 5) is 0. The molecule has 3 rings (SSSR count). The molecule has 1 saturated heterocycles. The van der Waals surface area contributed by atoms with Crippen molar-refractivity contribution in [3.8, 4) is 5.75 Å². The minimum absolute atomic E-state index is 0.557. The molecule has 1 unspecified atom stereocenters. The fourth-order valence-corrected chi connectivity index (χ4v) is 2.40. The Labute approximate surface area is 113 Å². The van der Waals surface area contributed by atoms with E-state index in [0.717, 1.165) is 18.8 Å². The summed E-state index contributed by atoms with van der Waals surface area (Å²) in [6, 6.07) is 10.7. The van der Waals surface area contributed by atoms with Gasteiger partial charge in [0.15, 0.2) is 5.75 Å². The first kappa shape index (κ1) is 12.2. The summed E-state index contributed by atoms with van der Waals surface area (Å²) in [5.41, 5.74) is 1.17. The quantitative estimate of drug-likeness (QED) is 0.892. The van der Waals surface area contributed by atoms with Gasteiger partial charge in [-0.25, -0.2) is 0 Å². The van der Waals surface area contributed by atoms with E-state index >= 15 is 0 Å². The van der Waals surface area contributed by atoms with Gasteiger partial charge in [-0.3, -0.25) is 4.68 Å². The van der Waals surface area contributed by atoms with Crippen molar-refractivity contribution < 1.29 is 4.74 Å². The summed E-state index contributed by atoms with van der Waals surface area (Å²) in [6.07, 6.45) is 6.27. The molecule has 1 aromatic heterocycles. The summed E-state index contributed by atoms with van der Waals surface area (Å²) < 4.78 is 7.70. The zero-order chi connectivity index (χ0) is 12.9. The average Bonchev–Trinajstić information content (AvgIpc) is 3.10. The van der Waals surface area contributed by atoms with E-state index in [1.165, 1.54) is 18.4 Å². The second kappa shape index (κ2) is 5.89. The molecule has 19 heavy (non-hydrogen) atoms. The number of aromatic nitrogens is 2. The maximum Gasteiger partial charge on any atom is 0.157 e. The van der Waals surface area contributed by atoms with Crippen LogP contribution in [0.25, 0.3) is 0 Å². The molecule has 4 nitrogen and oxygen atoms in total. The molecule has 1 aliphatic rings. The van der Waals surface area contributed by atoms with Crippen LogP contribution in [0.4, 0.5) is 0 Å². The number of hydrogen-bond acceptors (Lipinski definition) is 3. The van der Waals surface area contributed by atoms with Crippen LogP contribution in [0.3, 0.4) is 0 Å². The highest BCUT2D eigenvalue weighted by atomic mass is 16.5. The number of benzene rings is 1. The van der Waals surface area contributed by atoms with E-state index in [4.69, 9.17) is 4.74 Å². The molecule has 0 amide bonds. The van der Waals surface area contributed by atoms with Crippen molar-refractivity contribution in [2.24, 2.45) is 0 Å². The lowest BCUT2D eigenvalue weighted by atomic mass is 10.2. The molecule has 0 saturated carbocycles. The number of rotatable bonds is 5. The first-order valence-electron chi connectivity index (χ1n) is 6.83. The maximum atomic E-state index is 5.73. The molecule has 0 aliphatic carbocycles. The van der Waals surface area contributed by atoms with E-state index in [0.29, 0.717) is 12.6 Å². The highest BCUT2D eigenvalue weighted by Crippen LogP contribution is 2.13. The van der Waals surface area contributed by atoms with E-state index in [1.54, 1.807) is 6.20 Å². The SMILES string of the molecule is c1ccc(COc2cnn(CC3CCCN3)c2)cc1. The van der Waals surface area contributed by atoms with Crippen LogP contribution in [0.1, 0.15) is 18.4 Å². The van der Waals surface area contributed by atoms with Gasteiger partial charge in [0.2, 0.25) is 0 Å². The zero-order valence-electron chi connectivity index (χ0n) is 11.0. The second-order valence-corrected chi connectivity index (χ2v) is 4.97. The molecule has 4 heteroatoms. The van der Waals surface area contributed by atoms with Gasteiger partial charge in [-0.15, -0.1) is 0 Å². The molecular formula is C15H19N3O. The molecular weight excluding hydrogens is 238 g/mol. The molecule has 100 valence electrons. The summed E-state index contributed by atoms with van der Waals surface area (Å²) in [5, 5.41) is 7.81. The normalized spacial score (nSPS) is 18.6. The standard InChI is InChI=1S/C15H19N3O/c1-2-5-13(6-3-1)12-19-15-9-17-18(11-15)10-14-7-4-8-16-14/h1-3,5-6,9,11,14,16H,4,7-8,10,12H2. The third-order valence-electron chi connectivity index (χ3n) is 3.43. The second-order valence-electron chi connectivity index (χ2n) is 4.97. The third-order valence-corrected chi connectivity index (χ3v) is 3.43. The molecule has 1 atom stereocenters. The smallest absolute Gasteiger partial charge is 0.157 e. The lowest BCUT2D eigenvalue weighted by Gasteiger charge is -2.09. The molecule has 0 bridgehead atoms. The van der Waals surface area contributed by atoms with E-state index in [-0.39, 0.29) is 0 Å². The van der Waals surface area contributed by atoms with Gasteiger partial charge in [-0.1, -0.05) is 30.3 Å². The lowest BCUT2D eigenvalue weighted by Crippen LogP contribution is -2.26. The highest BCUT2D eigenvalue weighted by Gasteiger charge is 2.14. The first-order chi connectivity index (χ1) is 9.40. The van der Waals surface area contributed by atoms with Gasteiger partial charge in [0.1, 0.15) is 6.61 Å². The van der Waals surface area contributed by atoms with Crippen LogP contribution in [0.5, 0.6) is 5.75 Å². The van der Waals surface area contributed by atoms with Gasteiger partial charge in [0.05, 0.1) is 18.9 Å². The van der Waals surface area contributed by atoms with Crippen LogP contribution in [-0.2, 0) is 13.2 Å². The average molecular weight is 257 g/mol. The van der Waals surface area contributed by atoms with E-state index in [1.807, 2.05) is 29.1 Å². The van der Waals surface area contributed by atoms with Crippen LogP contribution in [-0.4, -0.2) is 22.4 Å². The molecule has 1 fully saturated rings. The van der Waals surface area contributed by atoms with Crippen molar-refractivity contribution >= 4 is 0 Å². The first-order valence-corrected chi connectivity index (χ1v) is 6.83. The molecule has 1 N–H and O–H groups in total. The maximum absolute atomic E-state index is 5.73. The van der Waals surface area contributed by atoms with Crippen molar-refractivity contribution in [2.75, 3.05) is 6.54 Å². The van der Waals surface area contributed by atoms with Gasteiger partial charge in [0, 0.05) is 6.04 Å². The Morgan fingerprint density at radius 2 is 2.21 bits per heavy atom. The molecule has 2 aromatic rings. The van der Waals surface area contributed by atoms with Gasteiger partial charge < -0.3 is 10.1 Å². The number of ether oxygens (including phenoxy) is 1. The summed E-state index contributed by atoms with van der Waals surface area (Å²) in [6.45, 7) is 2.65. The van der Waals surface area contributed by atoms with Crippen LogP contribution in [0.15, 0.2) is 42.7 Å². The van der Waals surface area contributed by atoms with Gasteiger partial charge in [0.25, 0.3) is 0 Å². The van der Waals surface area contributed by atoms with Crippen LogP contribution in [0, 0.1) is 0 Å². The van der Waals surface area contributed by atoms with Crippen molar-refractivity contribution in [2.45, 2.75) is 32.0 Å². The monoisotopic (exact) mass is 257 g/mol. The van der Waals surface area contributed by atoms with Crippen molar-refractivity contribution in [3.63, 3.8) is 0 Å². The van der Waals surface area contributed by atoms with Crippen molar-refractivity contribution in [3.05, 3.63) is 48.3 Å². The topological polar surface area (TPSA) is 39.1 Å². The Morgan fingerprint density at radius 3 is 3.00 bits per heavy atom. The summed E-state index contributed by atoms with van der Waals surface area (Å²) in [5.74, 6) is 0.835. The minimum Gasteiger partial charge on any atom is -0.486 e. The summed E-state index contributed by atoms with van der Waals surface area (Å²) in [7, 11) is 0.